The van der Waals surface area contributed by atoms with Crippen molar-refractivity contribution in [2.24, 2.45) is 7.05 Å². The second-order valence-electron chi connectivity index (χ2n) is 4.47. The molecule has 0 saturated heterocycles. The van der Waals surface area contributed by atoms with Gasteiger partial charge in [0.2, 0.25) is 5.82 Å². The number of nitrogens with zero attached hydrogens (tertiary/aromatic N) is 3. The SMILES string of the molecule is Cc1nn(C)c(NNS(=O)(=O)c2ccc(Cl)c(Cl)c2)c1[N+](=O)[O-]. The average Bonchev–Trinajstić information content (AvgIpc) is 2.73. The Morgan fingerprint density at radius 3 is 2.52 bits per heavy atom. The second-order valence-corrected chi connectivity index (χ2v) is 6.97. The minimum atomic E-state index is -4.02. The largest absolute Gasteiger partial charge is 0.335 e. The van der Waals surface area contributed by atoms with E-state index in [2.05, 4.69) is 10.5 Å². The van der Waals surface area contributed by atoms with E-state index in [0.29, 0.717) is 0 Å². The highest BCUT2D eigenvalue weighted by molar-refractivity contribution is 7.89. The third kappa shape index (κ3) is 3.55. The van der Waals surface area contributed by atoms with Crippen molar-refractivity contribution in [3.8, 4) is 0 Å². The van der Waals surface area contributed by atoms with Crippen molar-refractivity contribution in [2.45, 2.75) is 11.8 Å². The van der Waals surface area contributed by atoms with Crippen molar-refractivity contribution in [3.63, 3.8) is 0 Å². The summed E-state index contributed by atoms with van der Waals surface area (Å²) in [6, 6.07) is 3.74. The maximum atomic E-state index is 12.2. The lowest BCUT2D eigenvalue weighted by Gasteiger charge is -2.09. The molecular formula is C11H11Cl2N5O4S. The molecule has 0 radical (unpaired) electrons. The number of nitrogens with one attached hydrogen (secondary N) is 2. The Balaban J connectivity index is 2.30. The Labute approximate surface area is 141 Å². The Morgan fingerprint density at radius 1 is 1.30 bits per heavy atom. The first-order chi connectivity index (χ1) is 10.6. The van der Waals surface area contributed by atoms with Gasteiger partial charge in [-0.1, -0.05) is 23.2 Å². The van der Waals surface area contributed by atoms with E-state index in [-0.39, 0.29) is 32.1 Å². The van der Waals surface area contributed by atoms with Crippen LogP contribution in [0, 0.1) is 17.0 Å². The van der Waals surface area contributed by atoms with Gasteiger partial charge in [-0.05, 0) is 25.1 Å². The van der Waals surface area contributed by atoms with Crippen LogP contribution < -0.4 is 10.3 Å². The van der Waals surface area contributed by atoms with Crippen LogP contribution in [0.2, 0.25) is 10.0 Å². The van der Waals surface area contributed by atoms with Crippen LogP contribution in [0.5, 0.6) is 0 Å². The molecule has 0 spiro atoms. The fraction of sp³-hybridized carbons (Fsp3) is 0.182. The molecule has 1 heterocycles. The molecule has 0 atom stereocenters. The van der Waals surface area contributed by atoms with Gasteiger partial charge in [0.15, 0.2) is 0 Å². The molecule has 124 valence electrons. The number of benzene rings is 1. The number of rotatable bonds is 5. The molecule has 0 fully saturated rings. The summed E-state index contributed by atoms with van der Waals surface area (Å²) in [5.41, 5.74) is 2.12. The van der Waals surface area contributed by atoms with E-state index in [0.717, 1.165) is 10.7 Å². The van der Waals surface area contributed by atoms with E-state index < -0.39 is 14.9 Å². The topological polar surface area (TPSA) is 119 Å². The zero-order valence-electron chi connectivity index (χ0n) is 11.9. The maximum Gasteiger partial charge on any atom is 0.335 e. The monoisotopic (exact) mass is 379 g/mol. The summed E-state index contributed by atoms with van der Waals surface area (Å²) in [5, 5.41) is 15.2. The standard InChI is InChI=1S/C11H11Cl2N5O4S/c1-6-10(18(19)20)11(17(2)15-6)14-16-23(21,22)7-3-4-8(12)9(13)5-7/h3-5,14,16H,1-2H3. The Hall–Kier alpha value is -1.88. The van der Waals surface area contributed by atoms with Gasteiger partial charge in [-0.15, -0.1) is 4.83 Å². The molecule has 1 aromatic carbocycles. The molecule has 2 N–H and O–H groups in total. The number of hydrogen-bond donors (Lipinski definition) is 2. The summed E-state index contributed by atoms with van der Waals surface area (Å²) in [6.07, 6.45) is 0. The summed E-state index contributed by atoms with van der Waals surface area (Å²) >= 11 is 11.5. The fourth-order valence-electron chi connectivity index (χ4n) is 1.82. The molecule has 0 aliphatic rings. The predicted octanol–water partition coefficient (Wildman–Crippen LogP) is 2.25. The van der Waals surface area contributed by atoms with Crippen LogP contribution in [0.3, 0.4) is 0 Å². The van der Waals surface area contributed by atoms with Crippen LogP contribution in [0.1, 0.15) is 5.69 Å². The Morgan fingerprint density at radius 2 is 1.96 bits per heavy atom. The summed E-state index contributed by atoms with van der Waals surface area (Å²) in [4.78, 5) is 12.3. The molecule has 2 aromatic rings. The lowest BCUT2D eigenvalue weighted by Crippen LogP contribution is -2.30. The lowest BCUT2D eigenvalue weighted by molar-refractivity contribution is -0.384. The summed E-state index contributed by atoms with van der Waals surface area (Å²) in [7, 11) is -2.58. The molecule has 0 bridgehead atoms. The van der Waals surface area contributed by atoms with Crippen LogP contribution in [0.4, 0.5) is 11.5 Å². The number of aromatic nitrogens is 2. The highest BCUT2D eigenvalue weighted by Gasteiger charge is 2.25. The second kappa shape index (κ2) is 6.32. The molecule has 0 saturated carbocycles. The maximum absolute atomic E-state index is 12.2. The smallest absolute Gasteiger partial charge is 0.286 e. The number of aryl methyl sites for hydroxylation is 2. The number of hydrazine groups is 1. The van der Waals surface area contributed by atoms with Crippen LogP contribution in [0.15, 0.2) is 23.1 Å². The van der Waals surface area contributed by atoms with Crippen molar-refractivity contribution in [2.75, 3.05) is 5.43 Å². The van der Waals surface area contributed by atoms with Crippen LogP contribution >= 0.6 is 23.2 Å². The van der Waals surface area contributed by atoms with Gasteiger partial charge in [-0.3, -0.25) is 15.5 Å². The Kier molecular flexibility index (Phi) is 4.80. The molecule has 0 aliphatic carbocycles. The van der Waals surface area contributed by atoms with Crippen LogP contribution in [0.25, 0.3) is 0 Å². The molecule has 1 aromatic heterocycles. The van der Waals surface area contributed by atoms with Crippen molar-refractivity contribution in [1.29, 1.82) is 0 Å². The zero-order valence-corrected chi connectivity index (χ0v) is 14.2. The van der Waals surface area contributed by atoms with Gasteiger partial charge in [0, 0.05) is 7.05 Å². The fourth-order valence-corrected chi connectivity index (χ4v) is 3.06. The third-order valence-electron chi connectivity index (χ3n) is 2.88. The van der Waals surface area contributed by atoms with E-state index in [1.165, 1.54) is 26.1 Å². The van der Waals surface area contributed by atoms with Crippen molar-refractivity contribution in [3.05, 3.63) is 44.1 Å². The first kappa shape index (κ1) is 17.5. The van der Waals surface area contributed by atoms with Crippen molar-refractivity contribution >= 4 is 44.7 Å². The van der Waals surface area contributed by atoms with Crippen molar-refractivity contribution < 1.29 is 13.3 Å². The van der Waals surface area contributed by atoms with E-state index in [1.54, 1.807) is 0 Å². The van der Waals surface area contributed by atoms with E-state index in [4.69, 9.17) is 23.2 Å². The molecule has 0 unspecified atom stereocenters. The number of halogens is 2. The minimum Gasteiger partial charge on any atom is -0.286 e. The highest BCUT2D eigenvalue weighted by Crippen LogP contribution is 2.27. The number of anilines is 1. The van der Waals surface area contributed by atoms with Gasteiger partial charge in [-0.2, -0.15) is 5.10 Å². The van der Waals surface area contributed by atoms with Crippen LogP contribution in [-0.2, 0) is 17.1 Å². The number of nitro groups is 1. The molecule has 23 heavy (non-hydrogen) atoms. The summed E-state index contributed by atoms with van der Waals surface area (Å²) < 4.78 is 25.5. The molecule has 2 rings (SSSR count). The van der Waals surface area contributed by atoms with Gasteiger partial charge in [-0.25, -0.2) is 13.1 Å². The van der Waals surface area contributed by atoms with E-state index >= 15 is 0 Å². The summed E-state index contributed by atoms with van der Waals surface area (Å²) in [6.45, 7) is 1.44. The Bertz CT molecular complexity index is 881. The van der Waals surface area contributed by atoms with Gasteiger partial charge in [0.25, 0.3) is 10.0 Å². The molecular weight excluding hydrogens is 369 g/mol. The summed E-state index contributed by atoms with van der Waals surface area (Å²) in [5.74, 6) is -0.101. The molecule has 12 heteroatoms. The predicted molar refractivity (Wildman–Crippen MR) is 85.0 cm³/mol. The molecule has 9 nitrogen and oxygen atoms in total. The van der Waals surface area contributed by atoms with Gasteiger partial charge in [0.1, 0.15) is 5.69 Å². The first-order valence-corrected chi connectivity index (χ1v) is 8.28. The van der Waals surface area contributed by atoms with Gasteiger partial charge in [0.05, 0.1) is 19.9 Å². The normalized spacial score (nSPS) is 11.5. The van der Waals surface area contributed by atoms with E-state index in [9.17, 15) is 18.5 Å². The highest BCUT2D eigenvalue weighted by atomic mass is 35.5. The number of hydrogen-bond acceptors (Lipinski definition) is 6. The molecule has 0 amide bonds. The lowest BCUT2D eigenvalue weighted by atomic mass is 10.4. The minimum absolute atomic E-state index is 0.0666. The van der Waals surface area contributed by atoms with Gasteiger partial charge < -0.3 is 0 Å². The van der Waals surface area contributed by atoms with Gasteiger partial charge >= 0.3 is 5.69 Å². The van der Waals surface area contributed by atoms with Crippen molar-refractivity contribution in [1.82, 2.24) is 14.6 Å². The van der Waals surface area contributed by atoms with E-state index in [1.807, 2.05) is 4.83 Å². The quantitative estimate of drug-likeness (QED) is 0.607. The zero-order chi connectivity index (χ0) is 17.4. The van der Waals surface area contributed by atoms with Crippen LogP contribution in [-0.4, -0.2) is 23.1 Å². The number of sulfonamides is 1. The third-order valence-corrected chi connectivity index (χ3v) is 4.86. The first-order valence-electron chi connectivity index (χ1n) is 6.04. The average molecular weight is 380 g/mol. The molecule has 0 aliphatic heterocycles.